The normalized spacial score (nSPS) is 10.1. The van der Waals surface area contributed by atoms with Crippen molar-refractivity contribution >= 4 is 23.1 Å². The van der Waals surface area contributed by atoms with E-state index in [2.05, 4.69) is 15.6 Å². The van der Waals surface area contributed by atoms with E-state index in [1.807, 2.05) is 43.5 Å². The summed E-state index contributed by atoms with van der Waals surface area (Å²) in [7, 11) is 3.28. The third-order valence-electron chi connectivity index (χ3n) is 3.53. The number of pyridine rings is 1. The van der Waals surface area contributed by atoms with Gasteiger partial charge in [0, 0.05) is 12.7 Å². The number of methoxy groups -OCH3 is 2. The summed E-state index contributed by atoms with van der Waals surface area (Å²) in [6, 6.07) is 9.89. The molecular formula is C18H23N3O2S. The number of hydrogen-bond donors (Lipinski definition) is 2. The predicted molar refractivity (Wildman–Crippen MR) is 101 cm³/mol. The van der Waals surface area contributed by atoms with Crippen LogP contribution in [0.25, 0.3) is 0 Å². The second-order valence-corrected chi connectivity index (χ2v) is 5.80. The molecule has 0 fully saturated rings. The Kier molecular flexibility index (Phi) is 6.81. The fourth-order valence-electron chi connectivity index (χ4n) is 2.23. The number of aryl methyl sites for hydroxylation is 2. The lowest BCUT2D eigenvalue weighted by Crippen LogP contribution is -2.29. The molecule has 0 bridgehead atoms. The van der Waals surface area contributed by atoms with Crippen LogP contribution in [0.5, 0.6) is 11.5 Å². The van der Waals surface area contributed by atoms with Gasteiger partial charge in [0.15, 0.2) is 16.6 Å². The molecule has 0 aliphatic carbocycles. The van der Waals surface area contributed by atoms with Gasteiger partial charge < -0.3 is 20.1 Å². The van der Waals surface area contributed by atoms with Crippen molar-refractivity contribution in [3.05, 3.63) is 47.7 Å². The summed E-state index contributed by atoms with van der Waals surface area (Å²) in [6.07, 6.45) is 3.69. The molecule has 24 heavy (non-hydrogen) atoms. The standard InChI is InChI=1S/C18H23N3O2S/c1-13-6-9-17(20-12-13)21-18(24)19-10-4-5-14-7-8-15(22-2)16(11-14)23-3/h6-9,11-12H,4-5,10H2,1-3H3,(H2,19,20,21,24). The molecule has 2 rings (SSSR count). The molecule has 2 N–H and O–H groups in total. The van der Waals surface area contributed by atoms with Crippen molar-refractivity contribution in [3.8, 4) is 11.5 Å². The molecule has 0 amide bonds. The van der Waals surface area contributed by atoms with Gasteiger partial charge in [-0.1, -0.05) is 12.1 Å². The van der Waals surface area contributed by atoms with Gasteiger partial charge in [0.05, 0.1) is 14.2 Å². The number of benzene rings is 1. The SMILES string of the molecule is COc1ccc(CCCNC(=S)Nc2ccc(C)cn2)cc1OC. The summed E-state index contributed by atoms with van der Waals surface area (Å²) in [6.45, 7) is 2.79. The van der Waals surface area contributed by atoms with Crippen LogP contribution in [0.4, 0.5) is 5.82 Å². The van der Waals surface area contributed by atoms with Gasteiger partial charge in [-0.3, -0.25) is 0 Å². The summed E-state index contributed by atoms with van der Waals surface area (Å²) in [5, 5.41) is 6.85. The molecular weight excluding hydrogens is 322 g/mol. The molecule has 0 aliphatic heterocycles. The van der Waals surface area contributed by atoms with Gasteiger partial charge >= 0.3 is 0 Å². The maximum atomic E-state index is 5.32. The summed E-state index contributed by atoms with van der Waals surface area (Å²) in [5.41, 5.74) is 2.32. The van der Waals surface area contributed by atoms with Crippen molar-refractivity contribution in [1.29, 1.82) is 0 Å². The summed E-state index contributed by atoms with van der Waals surface area (Å²) in [4.78, 5) is 4.27. The number of nitrogens with zero attached hydrogens (tertiary/aromatic N) is 1. The van der Waals surface area contributed by atoms with Crippen LogP contribution >= 0.6 is 12.2 Å². The van der Waals surface area contributed by atoms with Gasteiger partial charge in [0.1, 0.15) is 5.82 Å². The van der Waals surface area contributed by atoms with Crippen LogP contribution in [0.15, 0.2) is 36.5 Å². The van der Waals surface area contributed by atoms with Crippen molar-refractivity contribution in [2.75, 3.05) is 26.1 Å². The summed E-state index contributed by atoms with van der Waals surface area (Å²) >= 11 is 5.27. The van der Waals surface area contributed by atoms with Crippen molar-refractivity contribution in [1.82, 2.24) is 10.3 Å². The van der Waals surface area contributed by atoms with E-state index in [4.69, 9.17) is 21.7 Å². The lowest BCUT2D eigenvalue weighted by atomic mass is 10.1. The van der Waals surface area contributed by atoms with E-state index in [1.54, 1.807) is 14.2 Å². The molecule has 1 aromatic carbocycles. The third kappa shape index (κ3) is 5.38. The van der Waals surface area contributed by atoms with E-state index in [0.29, 0.717) is 5.11 Å². The number of nitrogens with one attached hydrogen (secondary N) is 2. The molecule has 0 saturated heterocycles. The highest BCUT2D eigenvalue weighted by molar-refractivity contribution is 7.80. The molecule has 6 heteroatoms. The minimum absolute atomic E-state index is 0.582. The first-order valence-corrected chi connectivity index (χ1v) is 8.21. The van der Waals surface area contributed by atoms with Gasteiger partial charge in [-0.25, -0.2) is 4.98 Å². The molecule has 2 aromatic rings. The highest BCUT2D eigenvalue weighted by Crippen LogP contribution is 2.27. The molecule has 0 aliphatic rings. The van der Waals surface area contributed by atoms with E-state index >= 15 is 0 Å². The van der Waals surface area contributed by atoms with Crippen LogP contribution in [0.2, 0.25) is 0 Å². The first-order valence-electron chi connectivity index (χ1n) is 7.81. The second-order valence-electron chi connectivity index (χ2n) is 5.39. The van der Waals surface area contributed by atoms with Crippen LogP contribution in [0.3, 0.4) is 0 Å². The largest absolute Gasteiger partial charge is 0.493 e. The Morgan fingerprint density at radius 1 is 1.12 bits per heavy atom. The van der Waals surface area contributed by atoms with E-state index < -0.39 is 0 Å². The van der Waals surface area contributed by atoms with Crippen molar-refractivity contribution in [3.63, 3.8) is 0 Å². The Labute approximate surface area is 148 Å². The predicted octanol–water partition coefficient (Wildman–Crippen LogP) is 3.33. The number of rotatable bonds is 7. The summed E-state index contributed by atoms with van der Waals surface area (Å²) < 4.78 is 10.6. The minimum atomic E-state index is 0.582. The van der Waals surface area contributed by atoms with Crippen molar-refractivity contribution < 1.29 is 9.47 Å². The van der Waals surface area contributed by atoms with Crippen LogP contribution in [0, 0.1) is 6.92 Å². The lowest BCUT2D eigenvalue weighted by molar-refractivity contribution is 0.354. The topological polar surface area (TPSA) is 55.4 Å². The monoisotopic (exact) mass is 345 g/mol. The quantitative estimate of drug-likeness (QED) is 0.593. The van der Waals surface area contributed by atoms with Crippen molar-refractivity contribution in [2.45, 2.75) is 19.8 Å². The average molecular weight is 345 g/mol. The molecule has 1 aromatic heterocycles. The van der Waals surface area contributed by atoms with E-state index in [-0.39, 0.29) is 0 Å². The van der Waals surface area contributed by atoms with Gasteiger partial charge in [0.2, 0.25) is 0 Å². The van der Waals surface area contributed by atoms with Gasteiger partial charge in [0.25, 0.3) is 0 Å². The maximum Gasteiger partial charge on any atom is 0.171 e. The number of anilines is 1. The molecule has 5 nitrogen and oxygen atoms in total. The number of aromatic nitrogens is 1. The Morgan fingerprint density at radius 3 is 2.58 bits per heavy atom. The highest BCUT2D eigenvalue weighted by atomic mass is 32.1. The fraction of sp³-hybridized carbons (Fsp3) is 0.333. The van der Waals surface area contributed by atoms with E-state index in [0.717, 1.165) is 42.3 Å². The Hall–Kier alpha value is -2.34. The third-order valence-corrected chi connectivity index (χ3v) is 3.78. The fourth-order valence-corrected chi connectivity index (χ4v) is 2.44. The molecule has 0 saturated carbocycles. The average Bonchev–Trinajstić information content (AvgIpc) is 2.60. The molecule has 1 heterocycles. The van der Waals surface area contributed by atoms with Crippen LogP contribution in [0.1, 0.15) is 17.5 Å². The van der Waals surface area contributed by atoms with Crippen LogP contribution in [-0.4, -0.2) is 30.9 Å². The first-order chi connectivity index (χ1) is 11.6. The van der Waals surface area contributed by atoms with Crippen LogP contribution in [-0.2, 0) is 6.42 Å². The number of hydrogen-bond acceptors (Lipinski definition) is 4. The maximum absolute atomic E-state index is 5.32. The smallest absolute Gasteiger partial charge is 0.171 e. The van der Waals surface area contributed by atoms with Gasteiger partial charge in [-0.2, -0.15) is 0 Å². The molecule has 0 atom stereocenters. The number of thiocarbonyl (C=S) groups is 1. The highest BCUT2D eigenvalue weighted by Gasteiger charge is 2.04. The zero-order valence-electron chi connectivity index (χ0n) is 14.3. The summed E-state index contributed by atoms with van der Waals surface area (Å²) in [5.74, 6) is 2.25. The lowest BCUT2D eigenvalue weighted by Gasteiger charge is -2.11. The molecule has 0 unspecified atom stereocenters. The molecule has 0 spiro atoms. The molecule has 128 valence electrons. The van der Waals surface area contributed by atoms with Crippen molar-refractivity contribution in [2.24, 2.45) is 0 Å². The zero-order chi connectivity index (χ0) is 17.4. The first kappa shape index (κ1) is 18.0. The number of ether oxygens (including phenoxy) is 2. The Balaban J connectivity index is 1.74. The van der Waals surface area contributed by atoms with Gasteiger partial charge in [-0.15, -0.1) is 0 Å². The minimum Gasteiger partial charge on any atom is -0.493 e. The van der Waals surface area contributed by atoms with E-state index in [9.17, 15) is 0 Å². The Morgan fingerprint density at radius 2 is 1.92 bits per heavy atom. The van der Waals surface area contributed by atoms with E-state index in [1.165, 1.54) is 5.56 Å². The molecule has 0 radical (unpaired) electrons. The van der Waals surface area contributed by atoms with Crippen LogP contribution < -0.4 is 20.1 Å². The second kappa shape index (κ2) is 9.08. The Bertz CT molecular complexity index is 674. The van der Waals surface area contributed by atoms with Gasteiger partial charge in [-0.05, 0) is 61.3 Å². The zero-order valence-corrected chi connectivity index (χ0v) is 15.1.